The highest BCUT2D eigenvalue weighted by molar-refractivity contribution is 5.95. The molecular weight excluding hydrogens is 470 g/mol. The van der Waals surface area contributed by atoms with Crippen LogP contribution in [0.3, 0.4) is 0 Å². The zero-order chi connectivity index (χ0) is 26.1. The first kappa shape index (κ1) is 24.0. The van der Waals surface area contributed by atoms with E-state index in [0.29, 0.717) is 5.92 Å². The minimum Gasteiger partial charge on any atom is -0.355 e. The molecule has 38 heavy (non-hydrogen) atoms. The molecule has 0 aliphatic carbocycles. The van der Waals surface area contributed by atoms with E-state index < -0.39 is 0 Å². The molecule has 190 valence electrons. The van der Waals surface area contributed by atoms with Crippen LogP contribution in [-0.2, 0) is 11.2 Å². The average molecular weight is 502 g/mol. The molecule has 0 unspecified atom stereocenters. The van der Waals surface area contributed by atoms with Crippen LogP contribution < -0.4 is 21.2 Å². The topological polar surface area (TPSA) is 81.4 Å². The number of amides is 1. The molecule has 0 spiro atoms. The summed E-state index contributed by atoms with van der Waals surface area (Å²) in [6.45, 7) is 3.29. The molecule has 4 heterocycles. The van der Waals surface area contributed by atoms with Crippen molar-refractivity contribution in [1.29, 1.82) is 5.41 Å². The molecule has 0 atom stereocenters. The third kappa shape index (κ3) is 4.82. The fourth-order valence-electron chi connectivity index (χ4n) is 5.68. The number of piperidine rings is 1. The van der Waals surface area contributed by atoms with E-state index >= 15 is 0 Å². The van der Waals surface area contributed by atoms with E-state index in [4.69, 9.17) is 10.4 Å². The van der Waals surface area contributed by atoms with Gasteiger partial charge in [-0.3, -0.25) is 15.2 Å². The highest BCUT2D eigenvalue weighted by atomic mass is 16.2. The molecule has 6 heteroatoms. The van der Waals surface area contributed by atoms with Gasteiger partial charge >= 0.3 is 0 Å². The number of aromatic nitrogens is 1. The zero-order valence-corrected chi connectivity index (χ0v) is 21.6. The van der Waals surface area contributed by atoms with Crippen molar-refractivity contribution in [1.82, 2.24) is 9.88 Å². The number of hydrogen-bond acceptors (Lipinski definition) is 5. The molecule has 1 amide bonds. The minimum absolute atomic E-state index is 0.162. The lowest BCUT2D eigenvalue weighted by molar-refractivity contribution is -0.130. The third-order valence-electron chi connectivity index (χ3n) is 7.74. The number of anilines is 1. The van der Waals surface area contributed by atoms with E-state index in [1.807, 2.05) is 29.2 Å². The first-order valence-electron chi connectivity index (χ1n) is 13.3. The van der Waals surface area contributed by atoms with Crippen LogP contribution in [0, 0.1) is 11.3 Å². The highest BCUT2D eigenvalue weighted by Gasteiger charge is 2.25. The number of hydrogen-bond donors (Lipinski definition) is 2. The van der Waals surface area contributed by atoms with Crippen molar-refractivity contribution in [2.75, 3.05) is 18.4 Å². The van der Waals surface area contributed by atoms with Gasteiger partial charge in [-0.05, 0) is 59.7 Å². The summed E-state index contributed by atoms with van der Waals surface area (Å²) >= 11 is 0. The van der Waals surface area contributed by atoms with Crippen molar-refractivity contribution >= 4 is 34.8 Å². The van der Waals surface area contributed by atoms with E-state index in [1.165, 1.54) is 0 Å². The minimum atomic E-state index is 0.162. The normalized spacial score (nSPS) is 18.3. The molecule has 0 bridgehead atoms. The van der Waals surface area contributed by atoms with Crippen LogP contribution in [-0.4, -0.2) is 34.6 Å². The van der Waals surface area contributed by atoms with Gasteiger partial charge in [-0.25, -0.2) is 4.98 Å². The monoisotopic (exact) mass is 501 g/mol. The first-order valence-corrected chi connectivity index (χ1v) is 13.3. The first-order chi connectivity index (χ1) is 18.5. The number of fused-ring (bicyclic) bond motifs is 2. The fourth-order valence-corrected chi connectivity index (χ4v) is 5.68. The number of likely N-dealkylation sites (tertiary alicyclic amines) is 1. The van der Waals surface area contributed by atoms with Gasteiger partial charge in [0.05, 0.1) is 5.70 Å². The number of nitrogens with zero attached hydrogens (tertiary/aromatic N) is 3. The van der Waals surface area contributed by atoms with Crippen LogP contribution in [0.5, 0.6) is 0 Å². The Kier molecular flexibility index (Phi) is 6.46. The molecule has 1 saturated heterocycles. The molecular formula is C32H31N5O. The Bertz CT molecular complexity index is 1650. The van der Waals surface area contributed by atoms with Gasteiger partial charge in [0, 0.05) is 60.5 Å². The second kappa shape index (κ2) is 10.2. The van der Waals surface area contributed by atoms with Crippen molar-refractivity contribution in [3.05, 3.63) is 106 Å². The van der Waals surface area contributed by atoms with Crippen LogP contribution in [0.2, 0.25) is 0 Å². The Morgan fingerprint density at radius 3 is 2.66 bits per heavy atom. The standard InChI is InChI=1S/C32H31N5O/c1-21(38)37-16-13-22(14-17-37)18-27-19-25-8-5-15-34-32(33)30(25)31(35-27)26-10-9-24-11-12-28(36-29(24)20-26)23-6-3-2-4-7-23/h2-12,15,20,22,33,36H,13-14,16-19H2,1H3. The summed E-state index contributed by atoms with van der Waals surface area (Å²) in [7, 11) is 0. The molecule has 3 aromatic rings. The Balaban J connectivity index is 1.40. The molecule has 3 aliphatic rings. The largest absolute Gasteiger partial charge is 0.355 e. The molecule has 1 aromatic heterocycles. The predicted octanol–water partition coefficient (Wildman–Crippen LogP) is 3.61. The average Bonchev–Trinajstić information content (AvgIpc) is 3.14. The van der Waals surface area contributed by atoms with Crippen LogP contribution >= 0.6 is 0 Å². The van der Waals surface area contributed by atoms with Gasteiger partial charge in [-0.15, -0.1) is 0 Å². The molecule has 0 radical (unpaired) electrons. The van der Waals surface area contributed by atoms with Gasteiger partial charge in [0.1, 0.15) is 0 Å². The van der Waals surface area contributed by atoms with E-state index in [9.17, 15) is 4.79 Å². The molecule has 2 aromatic carbocycles. The summed E-state index contributed by atoms with van der Waals surface area (Å²) in [5, 5.41) is 14.4. The second-order valence-corrected chi connectivity index (χ2v) is 10.3. The summed E-state index contributed by atoms with van der Waals surface area (Å²) in [6, 6.07) is 20.7. The third-order valence-corrected chi connectivity index (χ3v) is 7.74. The quantitative estimate of drug-likeness (QED) is 0.575. The molecule has 6 rings (SSSR count). The Morgan fingerprint density at radius 1 is 1.05 bits per heavy atom. The van der Waals surface area contributed by atoms with Crippen LogP contribution in [0.15, 0.2) is 77.9 Å². The summed E-state index contributed by atoms with van der Waals surface area (Å²) in [4.78, 5) is 23.2. The zero-order valence-electron chi connectivity index (χ0n) is 21.6. The summed E-state index contributed by atoms with van der Waals surface area (Å²) in [5.41, 5.74) is 7.32. The lowest BCUT2D eigenvalue weighted by Crippen LogP contribution is -2.37. The van der Waals surface area contributed by atoms with Gasteiger partial charge in [0.2, 0.25) is 5.91 Å². The van der Waals surface area contributed by atoms with Gasteiger partial charge in [0.15, 0.2) is 5.49 Å². The summed E-state index contributed by atoms with van der Waals surface area (Å²) in [6.07, 6.45) is 9.58. The van der Waals surface area contributed by atoms with Crippen molar-refractivity contribution in [3.8, 4) is 0 Å². The number of carbonyl (C=O) groups is 1. The SMILES string of the molecule is CC(=O)N1CCC(CC2=NC(=c3ccc4c(c3)NC(c3ccccc3)=CC=4)c3c(cccnc3=N)C2)CC1. The van der Waals surface area contributed by atoms with E-state index in [0.717, 1.165) is 88.7 Å². The Hall–Kier alpha value is -4.32. The lowest BCUT2D eigenvalue weighted by Gasteiger charge is -2.32. The maximum Gasteiger partial charge on any atom is 0.219 e. The number of rotatable bonds is 3. The lowest BCUT2D eigenvalue weighted by atomic mass is 9.87. The number of benzene rings is 2. The van der Waals surface area contributed by atoms with E-state index in [-0.39, 0.29) is 11.4 Å². The Morgan fingerprint density at radius 2 is 1.87 bits per heavy atom. The maximum atomic E-state index is 11.8. The Labute approximate surface area is 222 Å². The molecule has 2 N–H and O–H groups in total. The smallest absolute Gasteiger partial charge is 0.219 e. The van der Waals surface area contributed by atoms with Crippen molar-refractivity contribution in [2.45, 2.75) is 32.6 Å². The predicted molar refractivity (Wildman–Crippen MR) is 152 cm³/mol. The number of aliphatic imine (C=N–C) groups is 1. The van der Waals surface area contributed by atoms with Gasteiger partial charge in [-0.2, -0.15) is 0 Å². The van der Waals surface area contributed by atoms with E-state index in [2.05, 4.69) is 58.9 Å². The van der Waals surface area contributed by atoms with E-state index in [1.54, 1.807) is 13.1 Å². The highest BCUT2D eigenvalue weighted by Crippen LogP contribution is 2.27. The number of allylic oxidation sites excluding steroid dienone is 1. The number of carbonyl (C=O) groups excluding carboxylic acids is 1. The molecule has 0 saturated carbocycles. The van der Waals surface area contributed by atoms with Gasteiger partial charge < -0.3 is 10.2 Å². The van der Waals surface area contributed by atoms with Crippen molar-refractivity contribution in [2.24, 2.45) is 10.9 Å². The molecule has 6 nitrogen and oxygen atoms in total. The van der Waals surface area contributed by atoms with Crippen LogP contribution in [0.4, 0.5) is 5.69 Å². The molecule has 3 aliphatic heterocycles. The second-order valence-electron chi connectivity index (χ2n) is 10.3. The van der Waals surface area contributed by atoms with Crippen LogP contribution in [0.25, 0.3) is 17.5 Å². The maximum absolute atomic E-state index is 11.8. The van der Waals surface area contributed by atoms with Crippen molar-refractivity contribution < 1.29 is 4.79 Å². The van der Waals surface area contributed by atoms with Gasteiger partial charge in [-0.1, -0.05) is 54.6 Å². The summed E-state index contributed by atoms with van der Waals surface area (Å²) in [5.74, 6) is 0.672. The van der Waals surface area contributed by atoms with Crippen LogP contribution in [0.1, 0.15) is 42.9 Å². The molecule has 1 fully saturated rings. The fraction of sp³-hybridized carbons (Fsp3) is 0.250. The van der Waals surface area contributed by atoms with Gasteiger partial charge in [0.25, 0.3) is 0 Å². The van der Waals surface area contributed by atoms with Crippen molar-refractivity contribution in [3.63, 3.8) is 0 Å². The number of nitrogens with one attached hydrogen (secondary N) is 2. The summed E-state index contributed by atoms with van der Waals surface area (Å²) < 4.78 is 0.